The molecule has 0 aliphatic carbocycles. The van der Waals surface area contributed by atoms with Gasteiger partial charge in [-0.25, -0.2) is 8.42 Å². The van der Waals surface area contributed by atoms with Crippen molar-refractivity contribution in [3.05, 3.63) is 123 Å². The first-order chi connectivity index (χ1) is 22.2. The molecule has 8 nitrogen and oxygen atoms in total. The molecule has 248 valence electrons. The van der Waals surface area contributed by atoms with E-state index in [0.29, 0.717) is 0 Å². The standard InChI is InChI=1S/C36H39BrClN3O5S/c1-25-14-17-30(18-15-25)47(44,45)41(31-22-29(38)16-19-33(31)46-5)24-34(42)40(23-27-12-9-13-28(37)20-27)32(35(43)39-36(2,3)4)21-26-10-7-6-8-11-26/h6-20,22,32H,21,23-24H2,1-5H3,(H,39,43)/t32-/m0/s1. The van der Waals surface area contributed by atoms with Gasteiger partial charge in [0.2, 0.25) is 11.8 Å². The summed E-state index contributed by atoms with van der Waals surface area (Å²) in [6.45, 7) is 6.87. The smallest absolute Gasteiger partial charge is 0.264 e. The number of benzene rings is 4. The van der Waals surface area contributed by atoms with Crippen LogP contribution in [0.3, 0.4) is 0 Å². The lowest BCUT2D eigenvalue weighted by Gasteiger charge is -2.35. The average molecular weight is 741 g/mol. The first-order valence-electron chi connectivity index (χ1n) is 15.0. The second kappa shape index (κ2) is 15.4. The average Bonchev–Trinajstić information content (AvgIpc) is 3.01. The van der Waals surface area contributed by atoms with E-state index < -0.39 is 34.1 Å². The van der Waals surface area contributed by atoms with E-state index in [9.17, 15) is 18.0 Å². The Morgan fingerprint density at radius 1 is 0.915 bits per heavy atom. The summed E-state index contributed by atoms with van der Waals surface area (Å²) >= 11 is 9.87. The van der Waals surface area contributed by atoms with Crippen LogP contribution >= 0.6 is 27.5 Å². The highest BCUT2D eigenvalue weighted by molar-refractivity contribution is 9.10. The van der Waals surface area contributed by atoms with E-state index in [2.05, 4.69) is 21.2 Å². The van der Waals surface area contributed by atoms with Gasteiger partial charge in [0, 0.05) is 28.0 Å². The molecule has 0 saturated carbocycles. The van der Waals surface area contributed by atoms with Gasteiger partial charge in [0.05, 0.1) is 17.7 Å². The molecule has 4 rings (SSSR count). The van der Waals surface area contributed by atoms with Gasteiger partial charge in [0.15, 0.2) is 0 Å². The Labute approximate surface area is 290 Å². The summed E-state index contributed by atoms with van der Waals surface area (Å²) in [5, 5.41) is 3.29. The maximum absolute atomic E-state index is 14.7. The lowest BCUT2D eigenvalue weighted by atomic mass is 10.0. The molecule has 1 atom stereocenters. The Morgan fingerprint density at radius 2 is 1.57 bits per heavy atom. The molecule has 0 aliphatic rings. The Morgan fingerprint density at radius 3 is 2.19 bits per heavy atom. The number of sulfonamides is 1. The Hall–Kier alpha value is -3.86. The highest BCUT2D eigenvalue weighted by atomic mass is 79.9. The van der Waals surface area contributed by atoms with Crippen LogP contribution in [0, 0.1) is 6.92 Å². The van der Waals surface area contributed by atoms with Gasteiger partial charge in [-0.2, -0.15) is 0 Å². The number of carbonyl (C=O) groups excluding carboxylic acids is 2. The lowest BCUT2D eigenvalue weighted by Crippen LogP contribution is -2.56. The zero-order valence-corrected chi connectivity index (χ0v) is 30.2. The van der Waals surface area contributed by atoms with Crippen molar-refractivity contribution >= 4 is 55.1 Å². The fraction of sp³-hybridized carbons (Fsp3) is 0.278. The number of methoxy groups -OCH3 is 1. The molecule has 0 heterocycles. The number of carbonyl (C=O) groups is 2. The van der Waals surface area contributed by atoms with Crippen LogP contribution in [0.1, 0.15) is 37.5 Å². The molecule has 4 aromatic rings. The van der Waals surface area contributed by atoms with Crippen molar-refractivity contribution in [1.82, 2.24) is 10.2 Å². The minimum Gasteiger partial charge on any atom is -0.495 e. The number of nitrogens with zero attached hydrogens (tertiary/aromatic N) is 2. The topological polar surface area (TPSA) is 96.0 Å². The van der Waals surface area contributed by atoms with Crippen molar-refractivity contribution in [1.29, 1.82) is 0 Å². The molecule has 4 aromatic carbocycles. The Bertz CT molecular complexity index is 1810. The molecule has 0 aliphatic heterocycles. The molecule has 0 unspecified atom stereocenters. The molecule has 11 heteroatoms. The largest absolute Gasteiger partial charge is 0.495 e. The molecule has 0 saturated heterocycles. The summed E-state index contributed by atoms with van der Waals surface area (Å²) in [5.41, 5.74) is 1.97. The van der Waals surface area contributed by atoms with Crippen LogP contribution in [-0.4, -0.2) is 50.4 Å². The SMILES string of the molecule is COc1ccc(Cl)cc1N(CC(=O)N(Cc1cccc(Br)c1)[C@@H](Cc1ccccc1)C(=O)NC(C)(C)C)S(=O)(=O)c1ccc(C)cc1. The second-order valence-corrected chi connectivity index (χ2v) is 15.5. The quantitative estimate of drug-likeness (QED) is 0.166. The number of anilines is 1. The number of amides is 2. The number of hydrogen-bond acceptors (Lipinski definition) is 5. The molecular formula is C36H39BrClN3O5S. The van der Waals surface area contributed by atoms with E-state index in [0.717, 1.165) is 25.5 Å². The minimum atomic E-state index is -4.32. The Balaban J connectivity index is 1.87. The third-order valence-electron chi connectivity index (χ3n) is 7.31. The third-order valence-corrected chi connectivity index (χ3v) is 9.81. The first-order valence-corrected chi connectivity index (χ1v) is 17.6. The second-order valence-electron chi connectivity index (χ2n) is 12.2. The zero-order valence-electron chi connectivity index (χ0n) is 27.0. The van der Waals surface area contributed by atoms with Crippen LogP contribution in [0.15, 0.2) is 106 Å². The Kier molecular flexibility index (Phi) is 11.8. The van der Waals surface area contributed by atoms with Gasteiger partial charge < -0.3 is 15.0 Å². The van der Waals surface area contributed by atoms with Gasteiger partial charge >= 0.3 is 0 Å². The number of ether oxygens (including phenoxy) is 1. The molecule has 2 amide bonds. The van der Waals surface area contributed by atoms with Gasteiger partial charge in [0.25, 0.3) is 10.0 Å². The number of aryl methyl sites for hydroxylation is 1. The molecule has 0 spiro atoms. The van der Waals surface area contributed by atoms with Crippen LogP contribution in [0.25, 0.3) is 0 Å². The van der Waals surface area contributed by atoms with Crippen molar-refractivity contribution in [2.24, 2.45) is 0 Å². The summed E-state index contributed by atoms with van der Waals surface area (Å²) in [6, 6.07) is 26.8. The fourth-order valence-electron chi connectivity index (χ4n) is 5.05. The number of nitrogens with one attached hydrogen (secondary N) is 1. The van der Waals surface area contributed by atoms with E-state index >= 15 is 0 Å². The molecule has 0 aromatic heterocycles. The number of halogens is 2. The summed E-state index contributed by atoms with van der Waals surface area (Å²) in [6.07, 6.45) is 0.202. The van der Waals surface area contributed by atoms with E-state index in [1.54, 1.807) is 24.3 Å². The van der Waals surface area contributed by atoms with Crippen LogP contribution < -0.4 is 14.4 Å². The van der Waals surface area contributed by atoms with Crippen molar-refractivity contribution in [2.75, 3.05) is 18.0 Å². The molecule has 0 fully saturated rings. The first kappa shape index (κ1) is 36.0. The molecule has 0 radical (unpaired) electrons. The van der Waals surface area contributed by atoms with Crippen LogP contribution in [0.4, 0.5) is 5.69 Å². The van der Waals surface area contributed by atoms with Gasteiger partial charge in [-0.15, -0.1) is 0 Å². The fourth-order valence-corrected chi connectivity index (χ4v) is 7.08. The van der Waals surface area contributed by atoms with Gasteiger partial charge in [0.1, 0.15) is 18.3 Å². The number of hydrogen-bond donors (Lipinski definition) is 1. The van der Waals surface area contributed by atoms with Crippen molar-refractivity contribution in [2.45, 2.75) is 57.1 Å². The summed E-state index contributed by atoms with van der Waals surface area (Å²) < 4.78 is 36.0. The van der Waals surface area contributed by atoms with Crippen molar-refractivity contribution in [3.63, 3.8) is 0 Å². The minimum absolute atomic E-state index is 0.0113. The maximum atomic E-state index is 14.7. The van der Waals surface area contributed by atoms with Crippen molar-refractivity contribution < 1.29 is 22.7 Å². The van der Waals surface area contributed by atoms with Crippen LogP contribution in [0.5, 0.6) is 5.75 Å². The van der Waals surface area contributed by atoms with Gasteiger partial charge in [-0.05, 0) is 81.3 Å². The molecular weight excluding hydrogens is 702 g/mol. The van der Waals surface area contributed by atoms with Gasteiger partial charge in [-0.3, -0.25) is 13.9 Å². The third kappa shape index (κ3) is 9.59. The van der Waals surface area contributed by atoms with Crippen LogP contribution in [-0.2, 0) is 32.6 Å². The van der Waals surface area contributed by atoms with E-state index in [1.165, 1.54) is 30.2 Å². The predicted octanol–water partition coefficient (Wildman–Crippen LogP) is 7.17. The molecule has 0 bridgehead atoms. The lowest BCUT2D eigenvalue weighted by molar-refractivity contribution is -0.140. The highest BCUT2D eigenvalue weighted by Gasteiger charge is 2.36. The van der Waals surface area contributed by atoms with E-state index in [4.69, 9.17) is 16.3 Å². The van der Waals surface area contributed by atoms with Crippen molar-refractivity contribution in [3.8, 4) is 5.75 Å². The monoisotopic (exact) mass is 739 g/mol. The summed E-state index contributed by atoms with van der Waals surface area (Å²) in [5.74, 6) is -0.742. The maximum Gasteiger partial charge on any atom is 0.264 e. The van der Waals surface area contributed by atoms with E-state index in [1.807, 2.05) is 82.3 Å². The summed E-state index contributed by atoms with van der Waals surface area (Å²) in [7, 11) is -2.91. The normalized spacial score (nSPS) is 12.2. The molecule has 1 N–H and O–H groups in total. The van der Waals surface area contributed by atoms with E-state index in [-0.39, 0.29) is 40.2 Å². The molecule has 47 heavy (non-hydrogen) atoms. The van der Waals surface area contributed by atoms with Crippen LogP contribution in [0.2, 0.25) is 5.02 Å². The summed E-state index contributed by atoms with van der Waals surface area (Å²) in [4.78, 5) is 30.2. The predicted molar refractivity (Wildman–Crippen MR) is 190 cm³/mol. The highest BCUT2D eigenvalue weighted by Crippen LogP contribution is 2.35. The van der Waals surface area contributed by atoms with Gasteiger partial charge in [-0.1, -0.05) is 87.7 Å². The number of rotatable bonds is 12. The zero-order chi connectivity index (χ0) is 34.4.